The molecule has 58 heavy (non-hydrogen) atoms. The van der Waals surface area contributed by atoms with Crippen LogP contribution in [0.15, 0.2) is 91.4 Å². The molecule has 1 atom stereocenters. The number of nitrogens with two attached hydrogens (primary N) is 1. The first-order chi connectivity index (χ1) is 28.2. The number of amides is 4. The van der Waals surface area contributed by atoms with Gasteiger partial charge < -0.3 is 35.5 Å². The van der Waals surface area contributed by atoms with Crippen molar-refractivity contribution < 1.29 is 33.4 Å². The Morgan fingerprint density at radius 3 is 2.41 bits per heavy atom. The van der Waals surface area contributed by atoms with Gasteiger partial charge in [-0.3, -0.25) is 24.1 Å². The van der Waals surface area contributed by atoms with Gasteiger partial charge in [0.1, 0.15) is 42.0 Å². The number of likely N-dealkylation sites (tertiary alicyclic amines) is 1. The summed E-state index contributed by atoms with van der Waals surface area (Å²) in [4.78, 5) is 63.9. The van der Waals surface area contributed by atoms with Crippen LogP contribution in [0.25, 0.3) is 22.3 Å². The summed E-state index contributed by atoms with van der Waals surface area (Å²) in [5.41, 5.74) is 9.64. The van der Waals surface area contributed by atoms with Crippen molar-refractivity contribution in [2.45, 2.75) is 37.8 Å². The first-order valence-electron chi connectivity index (χ1n) is 19.2. The Morgan fingerprint density at radius 1 is 0.879 bits per heavy atom. The van der Waals surface area contributed by atoms with Crippen LogP contribution in [0.5, 0.6) is 11.5 Å². The lowest BCUT2D eigenvalue weighted by atomic mass is 10.0. The number of anilines is 2. The van der Waals surface area contributed by atoms with E-state index in [9.17, 15) is 19.2 Å². The molecule has 16 heteroatoms. The van der Waals surface area contributed by atoms with Gasteiger partial charge in [-0.2, -0.15) is 5.10 Å². The van der Waals surface area contributed by atoms with Gasteiger partial charge in [-0.1, -0.05) is 30.8 Å². The highest BCUT2D eigenvalue weighted by Gasteiger charge is 2.45. The summed E-state index contributed by atoms with van der Waals surface area (Å²) in [6, 6.07) is 21.2. The van der Waals surface area contributed by atoms with E-state index in [-0.39, 0.29) is 42.5 Å². The molecule has 4 N–H and O–H groups in total. The average molecular weight is 786 g/mol. The number of carbonyl (C=O) groups excluding carboxylic acids is 4. The van der Waals surface area contributed by atoms with Crippen LogP contribution >= 0.6 is 0 Å². The van der Waals surface area contributed by atoms with Gasteiger partial charge in [-0.05, 0) is 74.2 Å². The normalized spacial score (nSPS) is 17.4. The molecule has 0 spiro atoms. The Hall–Kier alpha value is -6.49. The standard InChI is InChI=1S/C42H43N9O7/c1-26-10-15-33(40(53)46-26)50-41(54)31-8-5-9-32(35(31)42(50)55)47-34(52)24-57-23-22-56-21-20-49-18-16-28(17-19-49)51-39-36(38(43)44-25-45-39)37(48-51)27-11-13-30(14-12-27)58-29-6-3-2-4-7-29/h2-9,11-14,25,28,33H,1,10,15-24H2,(H,46,53)(H,47,52)(H2,43,44,45). The monoisotopic (exact) mass is 785 g/mol. The van der Waals surface area contributed by atoms with Crippen LogP contribution in [0.3, 0.4) is 0 Å². The van der Waals surface area contributed by atoms with E-state index >= 15 is 0 Å². The van der Waals surface area contributed by atoms with Crippen LogP contribution in [-0.2, 0) is 19.1 Å². The van der Waals surface area contributed by atoms with Gasteiger partial charge in [-0.25, -0.2) is 14.6 Å². The SMILES string of the molecule is C=C1CCC(N2C(=O)c3cccc(NC(=O)COCCOCCN4CCC(n5nc(-c6ccc(Oc7ccccc7)cc6)c6c(N)ncnc65)CC4)c3C2=O)C(=O)N1. The van der Waals surface area contributed by atoms with Crippen molar-refractivity contribution in [2.24, 2.45) is 0 Å². The summed E-state index contributed by atoms with van der Waals surface area (Å²) in [7, 11) is 0. The maximum atomic E-state index is 13.3. The topological polar surface area (TPSA) is 196 Å². The van der Waals surface area contributed by atoms with Gasteiger partial charge in [0.2, 0.25) is 11.8 Å². The molecule has 5 aromatic rings. The number of rotatable bonds is 14. The van der Waals surface area contributed by atoms with E-state index in [1.54, 1.807) is 12.1 Å². The summed E-state index contributed by atoms with van der Waals surface area (Å²) in [5, 5.41) is 11.1. The van der Waals surface area contributed by atoms with Crippen molar-refractivity contribution in [3.8, 4) is 22.8 Å². The molecule has 16 nitrogen and oxygen atoms in total. The summed E-state index contributed by atoms with van der Waals surface area (Å²) in [6.45, 7) is 6.92. The molecule has 0 aliphatic carbocycles. The zero-order valence-corrected chi connectivity index (χ0v) is 31.8. The molecular formula is C42H43N9O7. The van der Waals surface area contributed by atoms with E-state index in [0.29, 0.717) is 36.8 Å². The zero-order chi connectivity index (χ0) is 40.2. The third-order valence-corrected chi connectivity index (χ3v) is 10.5. The number of ether oxygens (including phenoxy) is 3. The highest BCUT2D eigenvalue weighted by molar-refractivity contribution is 6.25. The molecule has 0 bridgehead atoms. The predicted octanol–water partition coefficient (Wildman–Crippen LogP) is 4.56. The number of carbonyl (C=O) groups is 4. The minimum absolute atomic E-state index is 0.0586. The average Bonchev–Trinajstić information content (AvgIpc) is 3.74. The van der Waals surface area contributed by atoms with E-state index in [1.165, 1.54) is 12.4 Å². The number of fused-ring (bicyclic) bond motifs is 2. The number of hydrogen-bond acceptors (Lipinski definition) is 12. The first-order valence-corrected chi connectivity index (χ1v) is 19.2. The van der Waals surface area contributed by atoms with Gasteiger partial charge in [0, 0.05) is 30.9 Å². The van der Waals surface area contributed by atoms with Crippen LogP contribution in [-0.4, -0.2) is 105 Å². The van der Waals surface area contributed by atoms with Gasteiger partial charge in [0.15, 0.2) is 5.65 Å². The number of nitrogen functional groups attached to an aromatic ring is 1. The molecule has 3 aromatic carbocycles. The van der Waals surface area contributed by atoms with Crippen LogP contribution in [0, 0.1) is 0 Å². The molecule has 2 aromatic heterocycles. The number of imide groups is 1. The molecule has 8 rings (SSSR count). The second kappa shape index (κ2) is 16.9. The number of piperidine rings is 2. The van der Waals surface area contributed by atoms with Crippen molar-refractivity contribution in [3.05, 3.63) is 103 Å². The fourth-order valence-electron chi connectivity index (χ4n) is 7.61. The number of allylic oxidation sites excluding steroid dienone is 1. The van der Waals surface area contributed by atoms with Crippen LogP contribution in [0.2, 0.25) is 0 Å². The second-order valence-electron chi connectivity index (χ2n) is 14.3. The zero-order valence-electron chi connectivity index (χ0n) is 31.8. The molecule has 4 amide bonds. The van der Waals surface area contributed by atoms with Crippen molar-refractivity contribution in [2.75, 3.05) is 57.1 Å². The summed E-state index contributed by atoms with van der Waals surface area (Å²) in [5.74, 6) is -0.281. The van der Waals surface area contributed by atoms with Gasteiger partial charge >= 0.3 is 0 Å². The highest BCUT2D eigenvalue weighted by Crippen LogP contribution is 2.36. The molecule has 0 saturated carbocycles. The highest BCUT2D eigenvalue weighted by atomic mass is 16.5. The molecule has 3 aliphatic rings. The van der Waals surface area contributed by atoms with E-state index < -0.39 is 29.7 Å². The largest absolute Gasteiger partial charge is 0.457 e. The van der Waals surface area contributed by atoms with Gasteiger partial charge in [-0.15, -0.1) is 0 Å². The lowest BCUT2D eigenvalue weighted by Gasteiger charge is -2.32. The molecule has 2 saturated heterocycles. The quantitative estimate of drug-likeness (QED) is 0.105. The van der Waals surface area contributed by atoms with Crippen molar-refractivity contribution in [3.63, 3.8) is 0 Å². The number of para-hydroxylation sites is 1. The lowest BCUT2D eigenvalue weighted by molar-refractivity contribution is -0.125. The molecular weight excluding hydrogens is 743 g/mol. The van der Waals surface area contributed by atoms with Crippen molar-refractivity contribution in [1.29, 1.82) is 0 Å². The third-order valence-electron chi connectivity index (χ3n) is 10.5. The van der Waals surface area contributed by atoms with E-state index in [0.717, 1.165) is 65.5 Å². The maximum Gasteiger partial charge on any atom is 0.264 e. The Bertz CT molecular complexity index is 2360. The molecule has 3 aliphatic heterocycles. The number of hydrogen-bond donors (Lipinski definition) is 3. The second-order valence-corrected chi connectivity index (χ2v) is 14.3. The van der Waals surface area contributed by atoms with Crippen molar-refractivity contribution >= 4 is 46.2 Å². The fraction of sp³-hybridized carbons (Fsp3) is 0.310. The summed E-state index contributed by atoms with van der Waals surface area (Å²) >= 11 is 0. The number of nitrogens with zero attached hydrogens (tertiary/aromatic N) is 6. The van der Waals surface area contributed by atoms with E-state index in [2.05, 4.69) is 32.1 Å². The smallest absolute Gasteiger partial charge is 0.264 e. The number of benzene rings is 3. The summed E-state index contributed by atoms with van der Waals surface area (Å²) in [6.07, 6.45) is 3.96. The maximum absolute atomic E-state index is 13.3. The number of aromatic nitrogens is 4. The fourth-order valence-corrected chi connectivity index (χ4v) is 7.61. The number of nitrogens with one attached hydrogen (secondary N) is 2. The van der Waals surface area contributed by atoms with E-state index in [1.807, 2.05) is 59.3 Å². The lowest BCUT2D eigenvalue weighted by Crippen LogP contribution is -2.51. The molecule has 5 heterocycles. The Kier molecular flexibility index (Phi) is 11.2. The van der Waals surface area contributed by atoms with Gasteiger partial charge in [0.05, 0.1) is 48.1 Å². The minimum atomic E-state index is -0.943. The Labute approximate surface area is 334 Å². The van der Waals surface area contributed by atoms with Gasteiger partial charge in [0.25, 0.3) is 11.8 Å². The summed E-state index contributed by atoms with van der Waals surface area (Å²) < 4.78 is 19.3. The first kappa shape index (κ1) is 38.4. The van der Waals surface area contributed by atoms with Crippen molar-refractivity contribution in [1.82, 2.24) is 34.9 Å². The molecule has 298 valence electrons. The van der Waals surface area contributed by atoms with Crippen LogP contribution < -0.4 is 21.1 Å². The Morgan fingerprint density at radius 2 is 1.64 bits per heavy atom. The molecule has 1 unspecified atom stereocenters. The van der Waals surface area contributed by atoms with Crippen LogP contribution in [0.4, 0.5) is 11.5 Å². The Balaban J connectivity index is 0.771. The van der Waals surface area contributed by atoms with Crippen LogP contribution in [0.1, 0.15) is 52.4 Å². The minimum Gasteiger partial charge on any atom is -0.457 e. The molecule has 0 radical (unpaired) electrons. The van der Waals surface area contributed by atoms with E-state index in [4.69, 9.17) is 25.0 Å². The predicted molar refractivity (Wildman–Crippen MR) is 214 cm³/mol. The third kappa shape index (κ3) is 8.02. The molecule has 2 fully saturated rings.